The molecule has 0 saturated heterocycles. The predicted octanol–water partition coefficient (Wildman–Crippen LogP) is 4.80. The van der Waals surface area contributed by atoms with Crippen LogP contribution in [0.5, 0.6) is 5.88 Å². The number of thiophene rings is 2. The molecule has 0 fully saturated rings. The highest BCUT2D eigenvalue weighted by Crippen LogP contribution is 2.32. The molecule has 0 spiro atoms. The summed E-state index contributed by atoms with van der Waals surface area (Å²) in [5, 5.41) is 7.77. The Morgan fingerprint density at radius 1 is 1.10 bits per heavy atom. The lowest BCUT2D eigenvalue weighted by Crippen LogP contribution is -2.09. The topological polar surface area (TPSA) is 34.1 Å². The summed E-state index contributed by atoms with van der Waals surface area (Å²) in [6.07, 6.45) is 1.82. The number of nitrogens with zero attached hydrogens (tertiary/aromatic N) is 1. The molecule has 0 unspecified atom stereocenters. The number of hydrogen-bond acceptors (Lipinski definition) is 5. The zero-order valence-corrected chi connectivity index (χ0v) is 13.3. The number of anilines is 1. The van der Waals surface area contributed by atoms with Crippen LogP contribution in [0.25, 0.3) is 0 Å². The summed E-state index contributed by atoms with van der Waals surface area (Å²) in [6, 6.07) is 12.5. The summed E-state index contributed by atoms with van der Waals surface area (Å²) in [5.41, 5.74) is 0.991. The molecule has 3 nitrogen and oxygen atoms in total. The normalized spacial score (nSPS) is 10.8. The fraction of sp³-hybridized carbons (Fsp3) is 0.188. The Morgan fingerprint density at radius 3 is 2.29 bits per heavy atom. The van der Waals surface area contributed by atoms with Gasteiger partial charge in [-0.1, -0.05) is 12.1 Å². The van der Waals surface area contributed by atoms with Gasteiger partial charge in [-0.05, 0) is 35.9 Å². The van der Waals surface area contributed by atoms with Crippen molar-refractivity contribution in [3.8, 4) is 5.88 Å². The van der Waals surface area contributed by atoms with Crippen LogP contribution in [0.15, 0.2) is 53.4 Å². The van der Waals surface area contributed by atoms with Crippen molar-refractivity contribution in [2.24, 2.45) is 0 Å². The van der Waals surface area contributed by atoms with Crippen LogP contribution in [0.3, 0.4) is 0 Å². The van der Waals surface area contributed by atoms with E-state index in [-0.39, 0.29) is 6.04 Å². The van der Waals surface area contributed by atoms with Crippen molar-refractivity contribution >= 4 is 28.4 Å². The maximum absolute atomic E-state index is 5.38. The van der Waals surface area contributed by atoms with E-state index >= 15 is 0 Å². The summed E-state index contributed by atoms with van der Waals surface area (Å²) in [4.78, 5) is 6.90. The molecule has 3 rings (SSSR count). The molecule has 3 heterocycles. The largest absolute Gasteiger partial charge is 0.478 e. The van der Waals surface area contributed by atoms with E-state index in [1.807, 2.05) is 25.3 Å². The molecular formula is C16H16N2OS2. The molecule has 0 aliphatic carbocycles. The monoisotopic (exact) mass is 316 g/mol. The zero-order valence-electron chi connectivity index (χ0n) is 11.7. The van der Waals surface area contributed by atoms with Crippen LogP contribution in [0.4, 0.5) is 5.69 Å². The smallest absolute Gasteiger partial charge is 0.213 e. The van der Waals surface area contributed by atoms with Crippen molar-refractivity contribution in [2.75, 3.05) is 11.9 Å². The van der Waals surface area contributed by atoms with Crippen LogP contribution in [-0.2, 0) is 0 Å². The first-order valence-corrected chi connectivity index (χ1v) is 8.55. The van der Waals surface area contributed by atoms with Gasteiger partial charge in [0.1, 0.15) is 0 Å². The molecule has 5 heteroatoms. The van der Waals surface area contributed by atoms with Crippen molar-refractivity contribution in [2.45, 2.75) is 13.0 Å². The minimum absolute atomic E-state index is 0.171. The molecule has 0 bridgehead atoms. The van der Waals surface area contributed by atoms with Crippen LogP contribution in [-0.4, -0.2) is 11.6 Å². The van der Waals surface area contributed by atoms with Crippen molar-refractivity contribution in [3.63, 3.8) is 0 Å². The van der Waals surface area contributed by atoms with Gasteiger partial charge in [0.25, 0.3) is 0 Å². The lowest BCUT2D eigenvalue weighted by molar-refractivity contribution is 0.327. The van der Waals surface area contributed by atoms with Crippen molar-refractivity contribution in [1.29, 1.82) is 0 Å². The second-order valence-electron chi connectivity index (χ2n) is 4.43. The van der Waals surface area contributed by atoms with Gasteiger partial charge in [-0.3, -0.25) is 0 Å². The van der Waals surface area contributed by atoms with Crippen LogP contribution >= 0.6 is 22.7 Å². The Kier molecular flexibility index (Phi) is 4.52. The van der Waals surface area contributed by atoms with Gasteiger partial charge in [0.15, 0.2) is 0 Å². The number of ether oxygens (including phenoxy) is 1. The summed E-state index contributed by atoms with van der Waals surface area (Å²) >= 11 is 3.52. The van der Waals surface area contributed by atoms with E-state index in [1.54, 1.807) is 22.7 Å². The Balaban J connectivity index is 1.82. The Hall–Kier alpha value is -1.85. The predicted molar refractivity (Wildman–Crippen MR) is 89.5 cm³/mol. The van der Waals surface area contributed by atoms with E-state index in [0.29, 0.717) is 12.5 Å². The van der Waals surface area contributed by atoms with Crippen LogP contribution in [0.1, 0.15) is 22.7 Å². The van der Waals surface area contributed by atoms with E-state index in [0.717, 1.165) is 5.69 Å². The first-order valence-electron chi connectivity index (χ1n) is 6.79. The average molecular weight is 316 g/mol. The molecular weight excluding hydrogens is 300 g/mol. The standard InChI is InChI=1S/C16H16N2OS2/c1-2-19-15-8-7-12(11-17-15)18-16(13-5-3-9-20-13)14-6-4-10-21-14/h3-11,16,18H,2H2,1H3. The summed E-state index contributed by atoms with van der Waals surface area (Å²) in [7, 11) is 0. The van der Waals surface area contributed by atoms with Gasteiger partial charge in [0.2, 0.25) is 5.88 Å². The number of hydrogen-bond donors (Lipinski definition) is 1. The maximum atomic E-state index is 5.38. The lowest BCUT2D eigenvalue weighted by atomic mass is 10.2. The van der Waals surface area contributed by atoms with E-state index < -0.39 is 0 Å². The molecule has 0 atom stereocenters. The number of rotatable bonds is 6. The van der Waals surface area contributed by atoms with Gasteiger partial charge in [0.05, 0.1) is 24.5 Å². The van der Waals surface area contributed by atoms with Crippen LogP contribution in [0.2, 0.25) is 0 Å². The SMILES string of the molecule is CCOc1ccc(NC(c2cccs2)c2cccs2)cn1. The number of pyridine rings is 1. The molecule has 3 aromatic rings. The van der Waals surface area contributed by atoms with Crippen molar-refractivity contribution in [3.05, 3.63) is 63.1 Å². The van der Waals surface area contributed by atoms with Gasteiger partial charge < -0.3 is 10.1 Å². The minimum atomic E-state index is 0.171. The molecule has 0 aliphatic heterocycles. The van der Waals surface area contributed by atoms with E-state index in [4.69, 9.17) is 4.74 Å². The molecule has 108 valence electrons. The third kappa shape index (κ3) is 3.43. The molecule has 1 N–H and O–H groups in total. The summed E-state index contributed by atoms with van der Waals surface area (Å²) < 4.78 is 5.38. The first-order chi connectivity index (χ1) is 10.4. The zero-order chi connectivity index (χ0) is 14.5. The quantitative estimate of drug-likeness (QED) is 0.709. The van der Waals surface area contributed by atoms with Crippen LogP contribution in [0, 0.1) is 0 Å². The highest BCUT2D eigenvalue weighted by atomic mass is 32.1. The third-order valence-electron chi connectivity index (χ3n) is 2.99. The third-order valence-corrected chi connectivity index (χ3v) is 4.87. The molecule has 0 saturated carbocycles. The second-order valence-corrected chi connectivity index (χ2v) is 6.38. The highest BCUT2D eigenvalue weighted by Gasteiger charge is 2.16. The molecule has 3 aromatic heterocycles. The average Bonchev–Trinajstić information content (AvgIpc) is 3.20. The van der Waals surface area contributed by atoms with Crippen molar-refractivity contribution < 1.29 is 4.74 Å². The Labute approximate surface area is 132 Å². The Morgan fingerprint density at radius 2 is 1.81 bits per heavy atom. The maximum Gasteiger partial charge on any atom is 0.213 e. The minimum Gasteiger partial charge on any atom is -0.478 e. The second kappa shape index (κ2) is 6.74. The molecule has 0 radical (unpaired) electrons. The fourth-order valence-corrected chi connectivity index (χ4v) is 3.72. The first kappa shape index (κ1) is 14.1. The van der Waals surface area contributed by atoms with Gasteiger partial charge in [-0.15, -0.1) is 22.7 Å². The van der Waals surface area contributed by atoms with E-state index in [2.05, 4.69) is 45.3 Å². The van der Waals surface area contributed by atoms with E-state index in [1.165, 1.54) is 9.75 Å². The van der Waals surface area contributed by atoms with Crippen molar-refractivity contribution in [1.82, 2.24) is 4.98 Å². The summed E-state index contributed by atoms with van der Waals surface area (Å²) in [6.45, 7) is 2.59. The number of nitrogens with one attached hydrogen (secondary N) is 1. The van der Waals surface area contributed by atoms with E-state index in [9.17, 15) is 0 Å². The van der Waals surface area contributed by atoms with Crippen LogP contribution < -0.4 is 10.1 Å². The van der Waals surface area contributed by atoms with Gasteiger partial charge >= 0.3 is 0 Å². The number of aromatic nitrogens is 1. The summed E-state index contributed by atoms with van der Waals surface area (Å²) in [5.74, 6) is 0.659. The Bertz CT molecular complexity index is 614. The fourth-order valence-electron chi connectivity index (χ4n) is 2.06. The van der Waals surface area contributed by atoms with Gasteiger partial charge in [-0.2, -0.15) is 0 Å². The van der Waals surface area contributed by atoms with Gasteiger partial charge in [0, 0.05) is 15.8 Å². The highest BCUT2D eigenvalue weighted by molar-refractivity contribution is 7.11. The molecule has 21 heavy (non-hydrogen) atoms. The van der Waals surface area contributed by atoms with Gasteiger partial charge in [-0.25, -0.2) is 4.98 Å². The molecule has 0 aromatic carbocycles. The molecule has 0 amide bonds. The lowest BCUT2D eigenvalue weighted by Gasteiger charge is -2.17. The molecule has 0 aliphatic rings.